The van der Waals surface area contributed by atoms with Gasteiger partial charge in [0.1, 0.15) is 9.71 Å². The monoisotopic (exact) mass is 221 g/mol. The van der Waals surface area contributed by atoms with Crippen LogP contribution in [0.25, 0.3) is 10.2 Å². The summed E-state index contributed by atoms with van der Waals surface area (Å²) in [7, 11) is 3.42. The van der Waals surface area contributed by atoms with Crippen LogP contribution in [0.3, 0.4) is 0 Å². The number of nitrogens with zero attached hydrogens (tertiary/aromatic N) is 2. The van der Waals surface area contributed by atoms with Crippen molar-refractivity contribution in [1.29, 1.82) is 0 Å². The summed E-state index contributed by atoms with van der Waals surface area (Å²) >= 11 is 1.33. The Hall–Kier alpha value is -1.62. The van der Waals surface area contributed by atoms with Gasteiger partial charge in [-0.2, -0.15) is 0 Å². The maximum Gasteiger partial charge on any atom is 0.265 e. The van der Waals surface area contributed by atoms with Crippen molar-refractivity contribution in [3.8, 4) is 0 Å². The van der Waals surface area contributed by atoms with Crippen LogP contribution in [0.5, 0.6) is 0 Å². The van der Waals surface area contributed by atoms with Crippen molar-refractivity contribution in [3.63, 3.8) is 0 Å². The summed E-state index contributed by atoms with van der Waals surface area (Å²) in [6, 6.07) is 3.69. The Kier molecular flexibility index (Phi) is 2.32. The minimum absolute atomic E-state index is 0.0736. The first-order chi connectivity index (χ1) is 7.11. The van der Waals surface area contributed by atoms with Crippen LogP contribution in [0, 0.1) is 0 Å². The van der Waals surface area contributed by atoms with Crippen LogP contribution in [-0.4, -0.2) is 29.9 Å². The van der Waals surface area contributed by atoms with Gasteiger partial charge < -0.3 is 10.6 Å². The molecule has 0 spiro atoms. The van der Waals surface area contributed by atoms with E-state index in [0.29, 0.717) is 10.6 Å². The summed E-state index contributed by atoms with van der Waals surface area (Å²) in [5.74, 6) is -0.0736. The molecular formula is C10H11N3OS. The number of aromatic nitrogens is 1. The molecule has 0 aliphatic carbocycles. The molecule has 0 bridgehead atoms. The summed E-state index contributed by atoms with van der Waals surface area (Å²) in [4.78, 5) is 18.8. The van der Waals surface area contributed by atoms with Crippen molar-refractivity contribution in [2.24, 2.45) is 0 Å². The molecule has 78 valence electrons. The highest BCUT2D eigenvalue weighted by atomic mass is 32.1. The molecule has 2 heterocycles. The van der Waals surface area contributed by atoms with E-state index in [4.69, 9.17) is 5.73 Å². The molecule has 0 saturated heterocycles. The number of nitrogen functional groups attached to an aromatic ring is 1. The van der Waals surface area contributed by atoms with Crippen LogP contribution in [0.1, 0.15) is 9.67 Å². The second-order valence-corrected chi connectivity index (χ2v) is 4.40. The van der Waals surface area contributed by atoms with Crippen molar-refractivity contribution in [1.82, 2.24) is 9.88 Å². The lowest BCUT2D eigenvalue weighted by Gasteiger charge is -2.08. The van der Waals surface area contributed by atoms with E-state index in [1.165, 1.54) is 16.2 Å². The minimum atomic E-state index is -0.0736. The number of hydrogen-bond donors (Lipinski definition) is 1. The third-order valence-electron chi connectivity index (χ3n) is 2.11. The number of hydrogen-bond acceptors (Lipinski definition) is 4. The summed E-state index contributed by atoms with van der Waals surface area (Å²) in [5, 5.41) is 0.854. The molecule has 0 atom stereocenters. The molecule has 4 nitrogen and oxygen atoms in total. The zero-order chi connectivity index (χ0) is 11.0. The number of carbonyl (C=O) groups is 1. The van der Waals surface area contributed by atoms with Crippen molar-refractivity contribution in [3.05, 3.63) is 23.2 Å². The molecule has 15 heavy (non-hydrogen) atoms. The smallest absolute Gasteiger partial charge is 0.265 e. The maximum absolute atomic E-state index is 11.8. The van der Waals surface area contributed by atoms with Gasteiger partial charge in [0.25, 0.3) is 5.91 Å². The van der Waals surface area contributed by atoms with Crippen LogP contribution >= 0.6 is 11.3 Å². The molecule has 0 fully saturated rings. The maximum atomic E-state index is 11.8. The quantitative estimate of drug-likeness (QED) is 0.795. The second kappa shape index (κ2) is 3.51. The molecule has 2 rings (SSSR count). The van der Waals surface area contributed by atoms with Crippen molar-refractivity contribution >= 4 is 33.1 Å². The first kappa shape index (κ1) is 9.92. The first-order valence-corrected chi connectivity index (χ1v) is 5.27. The molecule has 0 aromatic carbocycles. The lowest BCUT2D eigenvalue weighted by molar-refractivity contribution is 0.0833. The number of anilines is 1. The second-order valence-electron chi connectivity index (χ2n) is 3.40. The van der Waals surface area contributed by atoms with Gasteiger partial charge in [0, 0.05) is 25.7 Å². The third kappa shape index (κ3) is 1.55. The average molecular weight is 221 g/mol. The van der Waals surface area contributed by atoms with Crippen LogP contribution < -0.4 is 5.73 Å². The van der Waals surface area contributed by atoms with Gasteiger partial charge in [-0.05, 0) is 12.1 Å². The van der Waals surface area contributed by atoms with Crippen molar-refractivity contribution in [2.45, 2.75) is 0 Å². The molecule has 2 aromatic rings. The Morgan fingerprint density at radius 3 is 2.87 bits per heavy atom. The van der Waals surface area contributed by atoms with Crippen molar-refractivity contribution in [2.75, 3.05) is 19.8 Å². The summed E-state index contributed by atoms with van der Waals surface area (Å²) in [5.41, 5.74) is 6.43. The number of pyridine rings is 1. The fraction of sp³-hybridized carbons (Fsp3) is 0.200. The highest BCUT2D eigenvalue weighted by Gasteiger charge is 2.17. The molecular weight excluding hydrogens is 210 g/mol. The molecule has 1 amide bonds. The standard InChI is InChI=1S/C10H11N3OS/c1-13(2)10(14)8-7(11)6-4-3-5-12-9(6)15-8/h3-5H,11H2,1-2H3. The lowest BCUT2D eigenvalue weighted by atomic mass is 10.2. The predicted octanol–water partition coefficient (Wildman–Crippen LogP) is 1.58. The fourth-order valence-electron chi connectivity index (χ4n) is 1.31. The Balaban J connectivity index is 2.63. The largest absolute Gasteiger partial charge is 0.397 e. The number of rotatable bonds is 1. The third-order valence-corrected chi connectivity index (χ3v) is 3.22. The summed E-state index contributed by atoms with van der Waals surface area (Å²) in [6.07, 6.45) is 1.70. The molecule has 2 N–H and O–H groups in total. The first-order valence-electron chi connectivity index (χ1n) is 4.46. The van der Waals surface area contributed by atoms with Crippen LogP contribution in [0.4, 0.5) is 5.69 Å². The van der Waals surface area contributed by atoms with Gasteiger partial charge in [0.2, 0.25) is 0 Å². The van der Waals surface area contributed by atoms with Crippen LogP contribution in [0.2, 0.25) is 0 Å². The number of thiophene rings is 1. The summed E-state index contributed by atoms with van der Waals surface area (Å²) < 4.78 is 0. The normalized spacial score (nSPS) is 10.5. The minimum Gasteiger partial charge on any atom is -0.397 e. The highest BCUT2D eigenvalue weighted by molar-refractivity contribution is 7.21. The predicted molar refractivity (Wildman–Crippen MR) is 62.0 cm³/mol. The van der Waals surface area contributed by atoms with E-state index >= 15 is 0 Å². The van der Waals surface area contributed by atoms with E-state index in [1.54, 1.807) is 20.3 Å². The van der Waals surface area contributed by atoms with Gasteiger partial charge in [-0.15, -0.1) is 11.3 Å². The molecule has 5 heteroatoms. The molecule has 0 unspecified atom stereocenters. The average Bonchev–Trinajstić information content (AvgIpc) is 2.56. The molecule has 0 saturated carbocycles. The Labute approximate surface area is 91.3 Å². The van der Waals surface area contributed by atoms with Crippen LogP contribution in [-0.2, 0) is 0 Å². The number of fused-ring (bicyclic) bond motifs is 1. The van der Waals surface area contributed by atoms with Crippen LogP contribution in [0.15, 0.2) is 18.3 Å². The topological polar surface area (TPSA) is 59.2 Å². The van der Waals surface area contributed by atoms with Crippen molar-refractivity contribution < 1.29 is 4.79 Å². The fourth-order valence-corrected chi connectivity index (χ4v) is 2.40. The molecule has 0 aliphatic rings. The van der Waals surface area contributed by atoms with Gasteiger partial charge in [0.15, 0.2) is 0 Å². The van der Waals surface area contributed by atoms with Gasteiger partial charge in [-0.3, -0.25) is 4.79 Å². The lowest BCUT2D eigenvalue weighted by Crippen LogP contribution is -2.21. The van der Waals surface area contributed by atoms with E-state index in [9.17, 15) is 4.79 Å². The van der Waals surface area contributed by atoms with Gasteiger partial charge in [0.05, 0.1) is 5.69 Å². The molecule has 0 aliphatic heterocycles. The zero-order valence-corrected chi connectivity index (χ0v) is 9.34. The van der Waals surface area contributed by atoms with Gasteiger partial charge >= 0.3 is 0 Å². The molecule has 0 radical (unpaired) electrons. The Morgan fingerprint density at radius 2 is 2.27 bits per heavy atom. The Bertz CT molecular complexity index is 518. The van der Waals surface area contributed by atoms with Gasteiger partial charge in [-0.1, -0.05) is 0 Å². The van der Waals surface area contributed by atoms with E-state index in [2.05, 4.69) is 4.98 Å². The van der Waals surface area contributed by atoms with E-state index in [-0.39, 0.29) is 5.91 Å². The highest BCUT2D eigenvalue weighted by Crippen LogP contribution is 2.32. The van der Waals surface area contributed by atoms with E-state index in [1.807, 2.05) is 12.1 Å². The SMILES string of the molecule is CN(C)C(=O)c1sc2ncccc2c1N. The number of amides is 1. The number of nitrogens with two attached hydrogens (primary N) is 1. The molecule has 2 aromatic heterocycles. The zero-order valence-electron chi connectivity index (χ0n) is 8.52. The van der Waals surface area contributed by atoms with Gasteiger partial charge in [-0.25, -0.2) is 4.98 Å². The number of carbonyl (C=O) groups excluding carboxylic acids is 1. The van der Waals surface area contributed by atoms with E-state index in [0.717, 1.165) is 10.2 Å². The van der Waals surface area contributed by atoms with E-state index < -0.39 is 0 Å². The Morgan fingerprint density at radius 1 is 1.53 bits per heavy atom. The summed E-state index contributed by atoms with van der Waals surface area (Å²) in [6.45, 7) is 0.